The summed E-state index contributed by atoms with van der Waals surface area (Å²) in [6, 6.07) is 0. The molecule has 0 atom stereocenters. The van der Waals surface area contributed by atoms with Gasteiger partial charge in [0.25, 0.3) is 0 Å². The molecule has 0 unspecified atom stereocenters. The van der Waals surface area contributed by atoms with E-state index in [0.29, 0.717) is 32.1 Å². The fourth-order valence-corrected chi connectivity index (χ4v) is 3.31. The van der Waals surface area contributed by atoms with Gasteiger partial charge in [0.2, 0.25) is 5.91 Å². The Hall–Kier alpha value is -1.30. The van der Waals surface area contributed by atoms with Crippen LogP contribution in [0.2, 0.25) is 0 Å². The van der Waals surface area contributed by atoms with E-state index >= 15 is 0 Å². The SMILES string of the molecule is NCCC1CCC(C(=O)N2CCN(C(=O)O)CC2)CC1. The molecule has 0 spiro atoms. The number of nitrogens with zero attached hydrogens (tertiary/aromatic N) is 2. The van der Waals surface area contributed by atoms with Gasteiger partial charge in [-0.2, -0.15) is 0 Å². The second-order valence-electron chi connectivity index (χ2n) is 5.89. The predicted molar refractivity (Wildman–Crippen MR) is 75.3 cm³/mol. The van der Waals surface area contributed by atoms with Gasteiger partial charge in [0, 0.05) is 32.1 Å². The third-order valence-corrected chi connectivity index (χ3v) is 4.63. The van der Waals surface area contributed by atoms with E-state index < -0.39 is 6.09 Å². The molecule has 0 aromatic heterocycles. The number of carbonyl (C=O) groups is 2. The van der Waals surface area contributed by atoms with Crippen LogP contribution in [-0.4, -0.2) is 59.6 Å². The van der Waals surface area contributed by atoms with Crippen LogP contribution >= 0.6 is 0 Å². The van der Waals surface area contributed by atoms with Crippen molar-refractivity contribution in [1.29, 1.82) is 0 Å². The van der Waals surface area contributed by atoms with Gasteiger partial charge in [0.05, 0.1) is 0 Å². The Morgan fingerprint density at radius 2 is 1.55 bits per heavy atom. The van der Waals surface area contributed by atoms with Crippen LogP contribution in [0, 0.1) is 11.8 Å². The zero-order valence-electron chi connectivity index (χ0n) is 12.0. The van der Waals surface area contributed by atoms with Crippen LogP contribution in [-0.2, 0) is 4.79 Å². The van der Waals surface area contributed by atoms with Gasteiger partial charge in [0.1, 0.15) is 0 Å². The molecule has 0 aromatic carbocycles. The van der Waals surface area contributed by atoms with E-state index in [1.54, 1.807) is 0 Å². The maximum Gasteiger partial charge on any atom is 0.407 e. The van der Waals surface area contributed by atoms with E-state index in [0.717, 1.165) is 38.6 Å². The summed E-state index contributed by atoms with van der Waals surface area (Å²) in [4.78, 5) is 26.5. The maximum atomic E-state index is 12.4. The molecule has 6 nitrogen and oxygen atoms in total. The Kier molecular flexibility index (Phi) is 5.23. The second kappa shape index (κ2) is 6.92. The highest BCUT2D eigenvalue weighted by Crippen LogP contribution is 2.31. The van der Waals surface area contributed by atoms with Gasteiger partial charge in [-0.25, -0.2) is 4.79 Å². The third kappa shape index (κ3) is 3.62. The molecule has 2 rings (SSSR count). The Morgan fingerprint density at radius 1 is 1.00 bits per heavy atom. The summed E-state index contributed by atoms with van der Waals surface area (Å²) in [5.41, 5.74) is 5.58. The van der Waals surface area contributed by atoms with Gasteiger partial charge in [-0.05, 0) is 44.6 Å². The molecule has 0 radical (unpaired) electrons. The maximum absolute atomic E-state index is 12.4. The molecule has 6 heteroatoms. The minimum absolute atomic E-state index is 0.139. The minimum atomic E-state index is -0.889. The zero-order valence-corrected chi connectivity index (χ0v) is 12.0. The van der Waals surface area contributed by atoms with Crippen molar-refractivity contribution >= 4 is 12.0 Å². The van der Waals surface area contributed by atoms with E-state index in [-0.39, 0.29) is 11.8 Å². The molecule has 2 amide bonds. The Balaban J connectivity index is 1.77. The molecule has 3 N–H and O–H groups in total. The lowest BCUT2D eigenvalue weighted by molar-refractivity contribution is -0.138. The number of nitrogens with two attached hydrogens (primary N) is 1. The van der Waals surface area contributed by atoms with Crippen LogP contribution in [0.4, 0.5) is 4.79 Å². The second-order valence-corrected chi connectivity index (χ2v) is 5.89. The number of amides is 2. The highest BCUT2D eigenvalue weighted by atomic mass is 16.4. The highest BCUT2D eigenvalue weighted by molar-refractivity contribution is 5.79. The van der Waals surface area contributed by atoms with Gasteiger partial charge in [0.15, 0.2) is 0 Å². The molecule has 1 saturated carbocycles. The quantitative estimate of drug-likeness (QED) is 0.808. The smallest absolute Gasteiger partial charge is 0.407 e. The van der Waals surface area contributed by atoms with E-state index in [9.17, 15) is 9.59 Å². The van der Waals surface area contributed by atoms with Crippen LogP contribution in [0.3, 0.4) is 0 Å². The van der Waals surface area contributed by atoms with E-state index in [1.165, 1.54) is 4.90 Å². The average Bonchev–Trinajstić information content (AvgIpc) is 2.48. The van der Waals surface area contributed by atoms with Crippen molar-refractivity contribution in [3.8, 4) is 0 Å². The normalized spacial score (nSPS) is 27.4. The summed E-state index contributed by atoms with van der Waals surface area (Å²) in [7, 11) is 0. The number of hydrogen-bond donors (Lipinski definition) is 2. The van der Waals surface area contributed by atoms with Crippen molar-refractivity contribution in [3.63, 3.8) is 0 Å². The summed E-state index contributed by atoms with van der Waals surface area (Å²) >= 11 is 0. The fourth-order valence-electron chi connectivity index (χ4n) is 3.31. The van der Waals surface area contributed by atoms with Crippen LogP contribution in [0.25, 0.3) is 0 Å². The summed E-state index contributed by atoms with van der Waals surface area (Å²) < 4.78 is 0. The van der Waals surface area contributed by atoms with Gasteiger partial charge >= 0.3 is 6.09 Å². The van der Waals surface area contributed by atoms with Gasteiger partial charge in [-0.15, -0.1) is 0 Å². The van der Waals surface area contributed by atoms with Crippen LogP contribution in [0.15, 0.2) is 0 Å². The van der Waals surface area contributed by atoms with Crippen LogP contribution in [0.5, 0.6) is 0 Å². The van der Waals surface area contributed by atoms with Crippen molar-refractivity contribution in [2.24, 2.45) is 17.6 Å². The molecule has 1 heterocycles. The number of hydrogen-bond acceptors (Lipinski definition) is 3. The van der Waals surface area contributed by atoms with Crippen LogP contribution in [0.1, 0.15) is 32.1 Å². The first-order valence-corrected chi connectivity index (χ1v) is 7.58. The largest absolute Gasteiger partial charge is 0.465 e. The minimum Gasteiger partial charge on any atom is -0.465 e. The molecular weight excluding hydrogens is 258 g/mol. The lowest BCUT2D eigenvalue weighted by Crippen LogP contribution is -2.51. The molecular formula is C14H25N3O3. The standard InChI is InChI=1S/C14H25N3O3/c15-6-5-11-1-3-12(4-2-11)13(18)16-7-9-17(10-8-16)14(19)20/h11-12H,1-10,15H2,(H,19,20). The topological polar surface area (TPSA) is 86.9 Å². The zero-order chi connectivity index (χ0) is 14.5. The van der Waals surface area contributed by atoms with E-state index in [2.05, 4.69) is 0 Å². The number of carbonyl (C=O) groups excluding carboxylic acids is 1. The summed E-state index contributed by atoms with van der Waals surface area (Å²) in [6.45, 7) is 2.68. The molecule has 114 valence electrons. The van der Waals surface area contributed by atoms with Gasteiger partial charge in [-0.1, -0.05) is 0 Å². The molecule has 0 bridgehead atoms. The first kappa shape index (κ1) is 15.1. The third-order valence-electron chi connectivity index (χ3n) is 4.63. The van der Waals surface area contributed by atoms with Crippen molar-refractivity contribution in [3.05, 3.63) is 0 Å². The van der Waals surface area contributed by atoms with E-state index in [4.69, 9.17) is 10.8 Å². The average molecular weight is 283 g/mol. The molecule has 1 aliphatic heterocycles. The van der Waals surface area contributed by atoms with E-state index in [1.807, 2.05) is 4.90 Å². The molecule has 1 saturated heterocycles. The van der Waals surface area contributed by atoms with Crippen molar-refractivity contribution < 1.29 is 14.7 Å². The Bertz CT molecular complexity index is 346. The number of piperazine rings is 1. The molecule has 0 aromatic rings. The Morgan fingerprint density at radius 3 is 2.05 bits per heavy atom. The fraction of sp³-hybridized carbons (Fsp3) is 0.857. The lowest BCUT2D eigenvalue weighted by Gasteiger charge is -2.37. The lowest BCUT2D eigenvalue weighted by atomic mass is 9.80. The number of carboxylic acid groups (broad SMARTS) is 1. The highest BCUT2D eigenvalue weighted by Gasteiger charge is 2.31. The molecule has 2 aliphatic rings. The monoisotopic (exact) mass is 283 g/mol. The van der Waals surface area contributed by atoms with Gasteiger partial charge in [-0.3, -0.25) is 4.79 Å². The predicted octanol–water partition coefficient (Wildman–Crippen LogP) is 0.964. The van der Waals surface area contributed by atoms with Crippen molar-refractivity contribution in [1.82, 2.24) is 9.80 Å². The summed E-state index contributed by atoms with van der Waals surface area (Å²) in [6.07, 6.45) is 4.30. The molecule has 20 heavy (non-hydrogen) atoms. The van der Waals surface area contributed by atoms with Crippen molar-refractivity contribution in [2.45, 2.75) is 32.1 Å². The molecule has 2 fully saturated rings. The summed E-state index contributed by atoms with van der Waals surface area (Å²) in [5, 5.41) is 8.90. The number of rotatable bonds is 3. The van der Waals surface area contributed by atoms with Crippen molar-refractivity contribution in [2.75, 3.05) is 32.7 Å². The van der Waals surface area contributed by atoms with Gasteiger partial charge < -0.3 is 20.6 Å². The van der Waals surface area contributed by atoms with Crippen LogP contribution < -0.4 is 5.73 Å². The first-order chi connectivity index (χ1) is 9.61. The molecule has 1 aliphatic carbocycles. The Labute approximate surface area is 119 Å². The summed E-state index contributed by atoms with van der Waals surface area (Å²) in [5.74, 6) is 1.05. The first-order valence-electron chi connectivity index (χ1n) is 7.58.